The smallest absolute Gasteiger partial charge is 0.145 e. The third-order valence-electron chi connectivity index (χ3n) is 28.8. The Bertz CT molecular complexity index is 9900. The van der Waals surface area contributed by atoms with Crippen LogP contribution in [0.2, 0.25) is 0 Å². The van der Waals surface area contributed by atoms with Gasteiger partial charge in [0, 0.05) is 94.2 Å². The number of aromatic nitrogens is 6. The van der Waals surface area contributed by atoms with Crippen LogP contribution in [0.1, 0.15) is 0 Å². The Morgan fingerprint density at radius 3 is 0.840 bits per heavy atom. The standard InChI is InChI=1S/C45H28N2O.2C45H28N2S/c1-3-11-29(12-4-1)31-19-21-32(22-20-31)38-28-43(46-39-17-9-7-15-34(38)39)47-40-26-25-36-35-16-8-10-18-42(35)48-45(36)44(40)37-24-23-33(27-41(37)47)30-13-5-2-6-14-30;1-3-11-29(12-4-1)31-19-21-32(22-20-31)37-28-43(46-39-17-9-7-15-34(37)39)47-40-25-23-33(30-13-5-2-6-14-30)27-38(40)44-41(47)26-24-36-35-16-8-10-18-42(35)48-45(36)44;1-3-11-29(12-4-1)31-19-21-32(22-20-31)38-28-43(46-39-17-9-7-15-34(38)39)47-40-26-25-36-35-16-8-10-18-42(35)48-45(36)44(40)37-24-23-33(27-41(37)47)30-13-5-2-6-14-30/h3*1-28H. The van der Waals surface area contributed by atoms with E-state index in [0.29, 0.717) is 0 Å². The van der Waals surface area contributed by atoms with Crippen molar-refractivity contribution in [3.63, 3.8) is 0 Å². The molecule has 9 aromatic heterocycles. The number of hydrogen-bond acceptors (Lipinski definition) is 6. The molecule has 30 rings (SSSR count). The maximum atomic E-state index is 6.62. The lowest BCUT2D eigenvalue weighted by atomic mass is 9.98. The predicted molar refractivity (Wildman–Crippen MR) is 610 cm³/mol. The van der Waals surface area contributed by atoms with E-state index in [2.05, 4.69) is 511 Å². The van der Waals surface area contributed by atoms with E-state index in [4.69, 9.17) is 19.4 Å². The second kappa shape index (κ2) is 34.8. The maximum Gasteiger partial charge on any atom is 0.145 e. The summed E-state index contributed by atoms with van der Waals surface area (Å²) in [7, 11) is 0. The Hall–Kier alpha value is -18.5. The summed E-state index contributed by atoms with van der Waals surface area (Å²) in [6.07, 6.45) is 0. The fourth-order valence-electron chi connectivity index (χ4n) is 22.0. The monoisotopic (exact) mass is 1870 g/mol. The van der Waals surface area contributed by atoms with E-state index in [1.807, 2.05) is 34.8 Å². The van der Waals surface area contributed by atoms with Gasteiger partial charge in [-0.05, 0) is 203 Å². The number of benzene rings is 21. The number of furan rings is 1. The van der Waals surface area contributed by atoms with Crippen molar-refractivity contribution in [2.24, 2.45) is 0 Å². The number of pyridine rings is 3. The molecule has 0 bridgehead atoms. The van der Waals surface area contributed by atoms with Crippen LogP contribution >= 0.6 is 22.7 Å². The van der Waals surface area contributed by atoms with Crippen LogP contribution in [0, 0.1) is 0 Å². The van der Waals surface area contributed by atoms with Gasteiger partial charge >= 0.3 is 0 Å². The van der Waals surface area contributed by atoms with Crippen molar-refractivity contribution in [2.75, 3.05) is 0 Å². The second-order valence-electron chi connectivity index (χ2n) is 37.1. The Balaban J connectivity index is 0.000000105. The molecular weight excluding hydrogens is 1790 g/mol. The number of thiophene rings is 2. The molecule has 9 heteroatoms. The fourth-order valence-corrected chi connectivity index (χ4v) is 24.5. The first-order valence-corrected chi connectivity index (χ1v) is 50.5. The molecule has 0 amide bonds. The van der Waals surface area contributed by atoms with Crippen molar-refractivity contribution in [1.29, 1.82) is 0 Å². The van der Waals surface area contributed by atoms with Gasteiger partial charge in [0.25, 0.3) is 0 Å². The minimum atomic E-state index is 0.872. The average Bonchev–Trinajstić information content (AvgIpc) is 1.56. The van der Waals surface area contributed by atoms with Gasteiger partial charge in [-0.25, -0.2) is 15.0 Å². The molecule has 30 aromatic rings. The summed E-state index contributed by atoms with van der Waals surface area (Å²) in [5, 5.41) is 18.2. The van der Waals surface area contributed by atoms with Gasteiger partial charge < -0.3 is 4.42 Å². The first-order chi connectivity index (χ1) is 71.4. The number of fused-ring (bicyclic) bond motifs is 24. The first-order valence-electron chi connectivity index (χ1n) is 48.9. The van der Waals surface area contributed by atoms with E-state index < -0.39 is 0 Å². The van der Waals surface area contributed by atoms with Crippen LogP contribution in [0.5, 0.6) is 0 Å². The zero-order chi connectivity index (χ0) is 94.8. The number of nitrogens with zero attached hydrogens (tertiary/aromatic N) is 6. The Kier molecular flexibility index (Phi) is 20.2. The van der Waals surface area contributed by atoms with E-state index in [1.165, 1.54) is 156 Å². The molecule has 7 nitrogen and oxygen atoms in total. The summed E-state index contributed by atoms with van der Waals surface area (Å²) in [6, 6.07) is 183. The molecule has 0 saturated carbocycles. The summed E-state index contributed by atoms with van der Waals surface area (Å²) < 4.78 is 19.0. The maximum absolute atomic E-state index is 6.62. The van der Waals surface area contributed by atoms with Crippen molar-refractivity contribution in [2.45, 2.75) is 0 Å². The van der Waals surface area contributed by atoms with Crippen molar-refractivity contribution in [1.82, 2.24) is 28.7 Å². The summed E-state index contributed by atoms with van der Waals surface area (Å²) >= 11 is 3.77. The second-order valence-corrected chi connectivity index (χ2v) is 39.2. The van der Waals surface area contributed by atoms with Crippen LogP contribution in [-0.2, 0) is 0 Å². The molecule has 21 aromatic carbocycles. The first kappa shape index (κ1) is 83.6. The zero-order valence-corrected chi connectivity index (χ0v) is 79.5. The highest BCUT2D eigenvalue weighted by molar-refractivity contribution is 7.27. The highest BCUT2D eigenvalue weighted by Crippen LogP contribution is 2.50. The molecular formula is C135H84N6OS2. The van der Waals surface area contributed by atoms with Crippen LogP contribution in [0.25, 0.3) is 278 Å². The lowest BCUT2D eigenvalue weighted by Crippen LogP contribution is -1.99. The quantitative estimate of drug-likeness (QED) is 0.122. The summed E-state index contributed by atoms with van der Waals surface area (Å²) in [6.45, 7) is 0. The Labute approximate surface area is 836 Å². The van der Waals surface area contributed by atoms with Crippen LogP contribution in [0.3, 0.4) is 0 Å². The van der Waals surface area contributed by atoms with E-state index in [0.717, 1.165) is 122 Å². The number of para-hydroxylation sites is 4. The Morgan fingerprint density at radius 1 is 0.167 bits per heavy atom. The molecule has 0 aliphatic rings. The molecule has 672 valence electrons. The van der Waals surface area contributed by atoms with Gasteiger partial charge in [-0.3, -0.25) is 13.7 Å². The molecule has 0 fully saturated rings. The van der Waals surface area contributed by atoms with Crippen molar-refractivity contribution in [3.8, 4) is 118 Å². The molecule has 0 aliphatic heterocycles. The minimum absolute atomic E-state index is 0.872. The third-order valence-corrected chi connectivity index (χ3v) is 31.3. The molecule has 0 saturated heterocycles. The van der Waals surface area contributed by atoms with Crippen molar-refractivity contribution < 1.29 is 4.42 Å². The highest BCUT2D eigenvalue weighted by atomic mass is 32.1. The molecule has 9 heterocycles. The van der Waals surface area contributed by atoms with Crippen LogP contribution < -0.4 is 0 Å². The van der Waals surface area contributed by atoms with Gasteiger partial charge in [0.05, 0.1) is 55.0 Å². The average molecular weight is 1870 g/mol. The fraction of sp³-hybridized carbons (Fsp3) is 0. The van der Waals surface area contributed by atoms with Crippen molar-refractivity contribution >= 4 is 183 Å². The normalized spacial score (nSPS) is 11.8. The van der Waals surface area contributed by atoms with E-state index in [-0.39, 0.29) is 0 Å². The molecule has 144 heavy (non-hydrogen) atoms. The molecule has 0 aliphatic carbocycles. The molecule has 0 spiro atoms. The predicted octanol–water partition coefficient (Wildman–Crippen LogP) is 37.6. The van der Waals surface area contributed by atoms with Gasteiger partial charge in [0.1, 0.15) is 28.6 Å². The largest absolute Gasteiger partial charge is 0.455 e. The zero-order valence-electron chi connectivity index (χ0n) is 77.9. The van der Waals surface area contributed by atoms with Gasteiger partial charge in [0.15, 0.2) is 0 Å². The molecule has 0 unspecified atom stereocenters. The highest BCUT2D eigenvalue weighted by Gasteiger charge is 2.27. The number of hydrogen-bond donors (Lipinski definition) is 0. The van der Waals surface area contributed by atoms with E-state index in [9.17, 15) is 0 Å². The van der Waals surface area contributed by atoms with Crippen LogP contribution in [0.15, 0.2) is 514 Å². The van der Waals surface area contributed by atoms with Crippen molar-refractivity contribution in [3.05, 3.63) is 510 Å². The van der Waals surface area contributed by atoms with Gasteiger partial charge in [-0.2, -0.15) is 0 Å². The lowest BCUT2D eigenvalue weighted by molar-refractivity contribution is 0.673. The van der Waals surface area contributed by atoms with E-state index >= 15 is 0 Å². The van der Waals surface area contributed by atoms with Crippen LogP contribution in [-0.4, -0.2) is 28.7 Å². The topological polar surface area (TPSA) is 66.6 Å². The minimum Gasteiger partial charge on any atom is -0.455 e. The van der Waals surface area contributed by atoms with Gasteiger partial charge in [-0.15, -0.1) is 22.7 Å². The summed E-state index contributed by atoms with van der Waals surface area (Å²) in [4.78, 5) is 16.0. The Morgan fingerprint density at radius 2 is 0.438 bits per heavy atom. The molecule has 0 atom stereocenters. The van der Waals surface area contributed by atoms with Gasteiger partial charge in [-0.1, -0.05) is 406 Å². The number of rotatable bonds is 12. The van der Waals surface area contributed by atoms with E-state index in [1.54, 1.807) is 0 Å². The van der Waals surface area contributed by atoms with Crippen LogP contribution in [0.4, 0.5) is 0 Å². The lowest BCUT2D eigenvalue weighted by Gasteiger charge is -2.14. The van der Waals surface area contributed by atoms with Gasteiger partial charge in [0.2, 0.25) is 0 Å². The summed E-state index contributed by atoms with van der Waals surface area (Å²) in [5.74, 6) is 2.71. The third kappa shape index (κ3) is 14.3. The summed E-state index contributed by atoms with van der Waals surface area (Å²) in [5.41, 5.74) is 32.9. The SMILES string of the molecule is c1ccc(-c2ccc(-c3cc(-n4c5cc(-c6ccccc6)ccc5c5c6oc7ccccc7c6ccc54)nc4ccccc34)cc2)cc1.c1ccc(-c2ccc(-c3cc(-n4c5cc(-c6ccccc6)ccc5c5c6sc7ccccc7c6ccc54)nc4ccccc34)cc2)cc1.c1ccc(-c2ccc(-c3cc(-n4c5ccc(-c6ccccc6)cc5c5c6sc7ccccc7c6ccc54)nc4ccccc34)cc2)cc1. The molecule has 0 N–H and O–H groups in total. The molecule has 0 radical (unpaired) electrons.